The highest BCUT2D eigenvalue weighted by atomic mass is 19.1. The number of pyridine rings is 2. The Bertz CT molecular complexity index is 3100. The molecule has 0 radical (unpaired) electrons. The van der Waals surface area contributed by atoms with E-state index in [0.29, 0.717) is 17.5 Å². The molecule has 2 N–H and O–H groups in total. The summed E-state index contributed by atoms with van der Waals surface area (Å²) in [6.07, 6.45) is 0. The van der Waals surface area contributed by atoms with Gasteiger partial charge in [0.2, 0.25) is 0 Å². The molecule has 0 aliphatic rings. The highest BCUT2D eigenvalue weighted by Crippen LogP contribution is 2.39. The summed E-state index contributed by atoms with van der Waals surface area (Å²) in [5, 5.41) is 10.1. The maximum atomic E-state index is 14.5. The largest absolute Gasteiger partial charge is 0.372 e. The molecular weight excluding hydrogens is 851 g/mol. The third-order valence-corrected chi connectivity index (χ3v) is 12.7. The molecule has 0 fully saturated rings. The first-order valence-corrected chi connectivity index (χ1v) is 24.0. The summed E-state index contributed by atoms with van der Waals surface area (Å²) < 4.78 is 29.1. The number of nitrogens with zero attached hydrogens (tertiary/aromatic N) is 2. The Balaban J connectivity index is 0.000000186. The molecule has 9 aromatic rings. The molecule has 6 heteroatoms. The molecule has 0 bridgehead atoms. The van der Waals surface area contributed by atoms with Gasteiger partial charge in [0.15, 0.2) is 0 Å². The van der Waals surface area contributed by atoms with Gasteiger partial charge in [-0.1, -0.05) is 206 Å². The topological polar surface area (TPSA) is 49.8 Å². The molecule has 0 aliphatic heterocycles. The average molecular weight is 913 g/mol. The number of hydrogen-bond donors (Lipinski definition) is 2. The van der Waals surface area contributed by atoms with E-state index in [-0.39, 0.29) is 28.8 Å². The quantitative estimate of drug-likeness (QED) is 0.128. The lowest BCUT2D eigenvalue weighted by atomic mass is 9.84. The number of hydrogen-bond acceptors (Lipinski definition) is 4. The van der Waals surface area contributed by atoms with Gasteiger partial charge in [0.1, 0.15) is 11.6 Å². The molecule has 2 atom stereocenters. The van der Waals surface area contributed by atoms with Crippen LogP contribution < -0.4 is 10.6 Å². The van der Waals surface area contributed by atoms with Crippen LogP contribution in [0.3, 0.4) is 0 Å². The summed E-state index contributed by atoms with van der Waals surface area (Å²) in [6, 6.07) is 63.8. The van der Waals surface area contributed by atoms with Crippen LogP contribution in [0.2, 0.25) is 0 Å². The van der Waals surface area contributed by atoms with Crippen LogP contribution in [0, 0.1) is 18.6 Å². The minimum atomic E-state index is -0.624. The SMILES string of the molecule is CC(C)c1cccc(C(C)C)c1NC(c1ccccc1)c1cccc(-c2c(F)cccc2F)n1.Cc1cccc(C(C)(C)C)c1NC(c1ccccc1)c1cccc(-c2cccc3ccccc23)n1. The fourth-order valence-corrected chi connectivity index (χ4v) is 9.14. The second kappa shape index (κ2) is 21.2. The first-order chi connectivity index (χ1) is 33.3. The summed E-state index contributed by atoms with van der Waals surface area (Å²) in [4.78, 5) is 9.97. The molecule has 0 saturated carbocycles. The predicted octanol–water partition coefficient (Wildman–Crippen LogP) is 17.2. The van der Waals surface area contributed by atoms with Crippen LogP contribution >= 0.6 is 0 Å². The van der Waals surface area contributed by atoms with Crippen molar-refractivity contribution in [2.24, 2.45) is 0 Å². The number of anilines is 2. The molecule has 2 aromatic heterocycles. The molecule has 0 aliphatic carbocycles. The van der Waals surface area contributed by atoms with Crippen LogP contribution in [-0.4, -0.2) is 9.97 Å². The molecule has 348 valence electrons. The number of aromatic nitrogens is 2. The summed E-state index contributed by atoms with van der Waals surface area (Å²) >= 11 is 0. The Morgan fingerprint density at radius 2 is 0.913 bits per heavy atom. The van der Waals surface area contributed by atoms with Crippen molar-refractivity contribution in [1.82, 2.24) is 9.97 Å². The predicted molar refractivity (Wildman–Crippen MR) is 285 cm³/mol. The van der Waals surface area contributed by atoms with E-state index in [1.165, 1.54) is 62.5 Å². The minimum Gasteiger partial charge on any atom is -0.372 e. The summed E-state index contributed by atoms with van der Waals surface area (Å²) in [6.45, 7) is 17.7. The Morgan fingerprint density at radius 1 is 0.449 bits per heavy atom. The van der Waals surface area contributed by atoms with Gasteiger partial charge >= 0.3 is 0 Å². The van der Waals surface area contributed by atoms with Gasteiger partial charge in [0, 0.05) is 16.9 Å². The minimum absolute atomic E-state index is 0.0216. The number of benzene rings is 7. The van der Waals surface area contributed by atoms with Crippen molar-refractivity contribution in [3.63, 3.8) is 0 Å². The van der Waals surface area contributed by atoms with Crippen LogP contribution in [0.4, 0.5) is 20.2 Å². The van der Waals surface area contributed by atoms with Gasteiger partial charge in [-0.15, -0.1) is 0 Å². The van der Waals surface area contributed by atoms with Gasteiger partial charge < -0.3 is 10.6 Å². The lowest BCUT2D eigenvalue weighted by molar-refractivity contribution is 0.588. The number of aryl methyl sites for hydroxylation is 1. The number of para-hydroxylation sites is 2. The summed E-state index contributed by atoms with van der Waals surface area (Å²) in [5.41, 5.74) is 13.5. The van der Waals surface area contributed by atoms with Crippen molar-refractivity contribution in [1.29, 1.82) is 0 Å². The molecule has 0 amide bonds. The van der Waals surface area contributed by atoms with E-state index in [9.17, 15) is 8.78 Å². The first kappa shape index (κ1) is 48.0. The molecule has 4 nitrogen and oxygen atoms in total. The van der Waals surface area contributed by atoms with Crippen molar-refractivity contribution in [2.45, 2.75) is 84.7 Å². The molecule has 2 heterocycles. The third-order valence-electron chi connectivity index (χ3n) is 12.7. The van der Waals surface area contributed by atoms with Crippen molar-refractivity contribution in [2.75, 3.05) is 10.6 Å². The lowest BCUT2D eigenvalue weighted by Gasteiger charge is -2.29. The maximum Gasteiger partial charge on any atom is 0.135 e. The van der Waals surface area contributed by atoms with Crippen LogP contribution in [0.1, 0.15) is 117 Å². The van der Waals surface area contributed by atoms with E-state index < -0.39 is 11.6 Å². The van der Waals surface area contributed by atoms with Crippen molar-refractivity contribution < 1.29 is 8.78 Å². The van der Waals surface area contributed by atoms with E-state index in [1.54, 1.807) is 12.1 Å². The van der Waals surface area contributed by atoms with E-state index in [4.69, 9.17) is 9.97 Å². The van der Waals surface area contributed by atoms with E-state index in [2.05, 4.69) is 193 Å². The lowest BCUT2D eigenvalue weighted by Crippen LogP contribution is -2.20. The van der Waals surface area contributed by atoms with Gasteiger partial charge in [-0.2, -0.15) is 0 Å². The second-order valence-electron chi connectivity index (χ2n) is 19.4. The number of fused-ring (bicyclic) bond motifs is 1. The van der Waals surface area contributed by atoms with Gasteiger partial charge in [-0.25, -0.2) is 8.78 Å². The normalized spacial score (nSPS) is 12.3. The van der Waals surface area contributed by atoms with E-state index in [0.717, 1.165) is 28.2 Å². The number of nitrogens with one attached hydrogen (secondary N) is 2. The Kier molecular flexibility index (Phi) is 14.8. The highest BCUT2D eigenvalue weighted by Gasteiger charge is 2.25. The molecule has 9 rings (SSSR count). The zero-order valence-electron chi connectivity index (χ0n) is 40.9. The molecule has 0 saturated heterocycles. The van der Waals surface area contributed by atoms with Crippen LogP contribution in [-0.2, 0) is 5.41 Å². The van der Waals surface area contributed by atoms with Crippen molar-refractivity contribution in [3.8, 4) is 22.5 Å². The third kappa shape index (κ3) is 11.0. The van der Waals surface area contributed by atoms with Gasteiger partial charge in [-0.3, -0.25) is 9.97 Å². The van der Waals surface area contributed by atoms with Crippen molar-refractivity contribution >= 4 is 22.1 Å². The standard InChI is InChI=1S/C33H32N2.C30H30F2N2/c1-23-13-10-20-28(33(2,3)4)31(23)35-32(25-15-6-5-7-16-25)30-22-12-21-29(34-30)27-19-11-17-24-14-8-9-18-26(24)27;1-19(2)22-13-8-14-23(20(3)4)30(22)34-29(21-11-6-5-7-12-21)27-18-10-17-26(33-27)28-24(31)15-9-16-25(28)32/h5-22,32,35H,1-4H3;5-20,29,34H,1-4H3. The monoisotopic (exact) mass is 912 g/mol. The van der Waals surface area contributed by atoms with Crippen LogP contribution in [0.5, 0.6) is 0 Å². The van der Waals surface area contributed by atoms with Crippen molar-refractivity contribution in [3.05, 3.63) is 251 Å². The smallest absolute Gasteiger partial charge is 0.135 e. The Morgan fingerprint density at radius 3 is 1.49 bits per heavy atom. The Labute approximate surface area is 407 Å². The van der Waals surface area contributed by atoms with Crippen LogP contribution in [0.25, 0.3) is 33.3 Å². The molecule has 69 heavy (non-hydrogen) atoms. The second-order valence-corrected chi connectivity index (χ2v) is 19.4. The molecular formula is C63H62F2N4. The average Bonchev–Trinajstić information content (AvgIpc) is 3.35. The van der Waals surface area contributed by atoms with Gasteiger partial charge in [-0.05, 0) is 105 Å². The van der Waals surface area contributed by atoms with Gasteiger partial charge in [0.25, 0.3) is 0 Å². The number of rotatable bonds is 12. The fourth-order valence-electron chi connectivity index (χ4n) is 9.14. The summed E-state index contributed by atoms with van der Waals surface area (Å²) in [7, 11) is 0. The fraction of sp³-hybridized carbons (Fsp3) is 0.206. The molecule has 0 spiro atoms. The zero-order valence-corrected chi connectivity index (χ0v) is 40.9. The maximum absolute atomic E-state index is 14.5. The highest BCUT2D eigenvalue weighted by molar-refractivity contribution is 5.95. The Hall–Kier alpha value is -7.44. The summed E-state index contributed by atoms with van der Waals surface area (Å²) in [5.74, 6) is -0.601. The van der Waals surface area contributed by atoms with E-state index >= 15 is 0 Å². The van der Waals surface area contributed by atoms with Crippen LogP contribution in [0.15, 0.2) is 194 Å². The molecule has 7 aromatic carbocycles. The molecule has 2 unspecified atom stereocenters. The first-order valence-electron chi connectivity index (χ1n) is 24.0. The van der Waals surface area contributed by atoms with E-state index in [1.807, 2.05) is 36.4 Å². The zero-order chi connectivity index (χ0) is 48.7. The van der Waals surface area contributed by atoms with Gasteiger partial charge in [0.05, 0.1) is 40.4 Å². The number of halogens is 2.